The molecule has 2 unspecified atom stereocenters. The van der Waals surface area contributed by atoms with E-state index < -0.39 is 8.07 Å². The van der Waals surface area contributed by atoms with Gasteiger partial charge in [-0.2, -0.15) is 0 Å². The first-order valence-corrected chi connectivity index (χ1v) is 8.47. The summed E-state index contributed by atoms with van der Waals surface area (Å²) < 4.78 is 0. The van der Waals surface area contributed by atoms with Gasteiger partial charge in [0.05, 0.1) is 8.07 Å². The molecule has 0 N–H and O–H groups in total. The van der Waals surface area contributed by atoms with Gasteiger partial charge in [0.1, 0.15) is 0 Å². The van der Waals surface area contributed by atoms with Crippen LogP contribution in [0.1, 0.15) is 32.1 Å². The molecule has 1 heteroatoms. The van der Waals surface area contributed by atoms with E-state index in [0.717, 1.165) is 5.92 Å². The predicted molar refractivity (Wildman–Crippen MR) is 52.6 cm³/mol. The van der Waals surface area contributed by atoms with Gasteiger partial charge in [-0.15, -0.1) is 0 Å². The topological polar surface area (TPSA) is 0 Å². The Bertz CT molecular complexity index is 151. The van der Waals surface area contributed by atoms with Gasteiger partial charge in [-0.25, -0.2) is 0 Å². The highest BCUT2D eigenvalue weighted by Crippen LogP contribution is 2.48. The van der Waals surface area contributed by atoms with E-state index >= 15 is 0 Å². The van der Waals surface area contributed by atoms with Crippen LogP contribution < -0.4 is 0 Å². The third-order valence-electron chi connectivity index (χ3n) is 4.08. The zero-order chi connectivity index (χ0) is 7.90. The summed E-state index contributed by atoms with van der Waals surface area (Å²) in [6.07, 6.45) is 7.87. The largest absolute Gasteiger partial charge is 0.0691 e. The van der Waals surface area contributed by atoms with Crippen LogP contribution in [0.5, 0.6) is 0 Å². The molecule has 2 atom stereocenters. The maximum Gasteiger partial charge on any atom is 0.0505 e. The Balaban J connectivity index is 2.09. The zero-order valence-electron chi connectivity index (χ0n) is 7.90. The van der Waals surface area contributed by atoms with E-state index in [2.05, 4.69) is 13.1 Å². The normalized spacial score (nSPS) is 42.0. The lowest BCUT2D eigenvalue weighted by Crippen LogP contribution is -2.40. The molecule has 0 aromatic heterocycles. The van der Waals surface area contributed by atoms with Gasteiger partial charge in [-0.3, -0.25) is 0 Å². The van der Waals surface area contributed by atoms with Gasteiger partial charge in [0.2, 0.25) is 0 Å². The molecule has 0 nitrogen and oxygen atoms in total. The molecule has 0 aromatic carbocycles. The highest BCUT2D eigenvalue weighted by Gasteiger charge is 2.39. The van der Waals surface area contributed by atoms with Crippen LogP contribution >= 0.6 is 0 Å². The smallest absolute Gasteiger partial charge is 0.0505 e. The minimum atomic E-state index is -0.710. The van der Waals surface area contributed by atoms with Gasteiger partial charge >= 0.3 is 0 Å². The minimum Gasteiger partial charge on any atom is -0.0691 e. The Morgan fingerprint density at radius 2 is 1.91 bits per heavy atom. The first kappa shape index (κ1) is 7.84. The highest BCUT2D eigenvalue weighted by atomic mass is 28.3. The molecule has 0 amide bonds. The summed E-state index contributed by atoms with van der Waals surface area (Å²) in [4.78, 5) is 0. The summed E-state index contributed by atoms with van der Waals surface area (Å²) in [7, 11) is -0.710. The Morgan fingerprint density at radius 3 is 2.64 bits per heavy atom. The molecule has 1 aliphatic carbocycles. The van der Waals surface area contributed by atoms with E-state index in [9.17, 15) is 0 Å². The molecule has 1 aliphatic heterocycles. The fourth-order valence-electron chi connectivity index (χ4n) is 3.04. The van der Waals surface area contributed by atoms with E-state index in [4.69, 9.17) is 0 Å². The molecule has 2 fully saturated rings. The number of fused-ring (bicyclic) bond motifs is 2. The fraction of sp³-hybridized carbons (Fsp3) is 1.00. The van der Waals surface area contributed by atoms with E-state index in [1.165, 1.54) is 5.54 Å². The van der Waals surface area contributed by atoms with E-state index in [0.29, 0.717) is 0 Å². The lowest BCUT2D eigenvalue weighted by Gasteiger charge is -2.44. The molecule has 2 aliphatic rings. The average Bonchev–Trinajstić information content (AvgIpc) is 2.00. The molecule has 1 saturated heterocycles. The quantitative estimate of drug-likeness (QED) is 0.484. The molecule has 11 heavy (non-hydrogen) atoms. The summed E-state index contributed by atoms with van der Waals surface area (Å²) in [6.45, 7) is 5.22. The van der Waals surface area contributed by atoms with Crippen LogP contribution in [0.2, 0.25) is 24.7 Å². The molecular weight excluding hydrogens is 148 g/mol. The van der Waals surface area contributed by atoms with Crippen molar-refractivity contribution in [2.75, 3.05) is 0 Å². The Labute approximate surface area is 71.4 Å². The van der Waals surface area contributed by atoms with Crippen LogP contribution in [0.25, 0.3) is 0 Å². The van der Waals surface area contributed by atoms with Gasteiger partial charge in [0.15, 0.2) is 0 Å². The van der Waals surface area contributed by atoms with Crippen LogP contribution in [0.15, 0.2) is 0 Å². The van der Waals surface area contributed by atoms with Crippen molar-refractivity contribution in [1.82, 2.24) is 0 Å². The highest BCUT2D eigenvalue weighted by molar-refractivity contribution is 6.79. The van der Waals surface area contributed by atoms with Crippen LogP contribution in [0.3, 0.4) is 0 Å². The van der Waals surface area contributed by atoms with Crippen LogP contribution in [-0.4, -0.2) is 8.07 Å². The average molecular weight is 168 g/mol. The second-order valence-electron chi connectivity index (χ2n) is 5.26. The van der Waals surface area contributed by atoms with Crippen LogP contribution in [0, 0.1) is 5.92 Å². The van der Waals surface area contributed by atoms with Crippen molar-refractivity contribution in [3.8, 4) is 0 Å². The predicted octanol–water partition coefficient (Wildman–Crippen LogP) is 3.66. The lowest BCUT2D eigenvalue weighted by molar-refractivity contribution is 0.322. The van der Waals surface area contributed by atoms with E-state index in [1.807, 2.05) is 0 Å². The van der Waals surface area contributed by atoms with Gasteiger partial charge in [0, 0.05) is 0 Å². The van der Waals surface area contributed by atoms with Crippen molar-refractivity contribution < 1.29 is 0 Å². The molecular formula is C10H20Si. The second kappa shape index (κ2) is 2.62. The van der Waals surface area contributed by atoms with Crippen molar-refractivity contribution in [2.24, 2.45) is 5.92 Å². The number of hydrogen-bond acceptors (Lipinski definition) is 0. The summed E-state index contributed by atoms with van der Waals surface area (Å²) in [5.74, 6) is 1.15. The molecule has 2 rings (SSSR count). The maximum atomic E-state index is 2.61. The van der Waals surface area contributed by atoms with Crippen molar-refractivity contribution in [2.45, 2.75) is 56.8 Å². The summed E-state index contributed by atoms with van der Waals surface area (Å²) in [5, 5.41) is 0. The standard InChI is InChI=1S/C10H20Si/c1-11(2)7-6-9-4-3-5-10(11)8-9/h9-10H,3-8H2,1-2H3. The molecule has 2 bridgehead atoms. The number of rotatable bonds is 0. The minimum absolute atomic E-state index is 0.710. The molecule has 0 spiro atoms. The van der Waals surface area contributed by atoms with Crippen LogP contribution in [-0.2, 0) is 0 Å². The van der Waals surface area contributed by atoms with Gasteiger partial charge < -0.3 is 0 Å². The Hall–Kier alpha value is 0.217. The van der Waals surface area contributed by atoms with Crippen molar-refractivity contribution in [3.63, 3.8) is 0 Å². The Morgan fingerprint density at radius 1 is 1.09 bits per heavy atom. The van der Waals surface area contributed by atoms with Crippen LogP contribution in [0.4, 0.5) is 0 Å². The summed E-state index contributed by atoms with van der Waals surface area (Å²) >= 11 is 0. The number of hydrogen-bond donors (Lipinski definition) is 0. The van der Waals surface area contributed by atoms with Gasteiger partial charge in [-0.05, 0) is 17.9 Å². The summed E-state index contributed by atoms with van der Waals surface area (Å²) in [5.41, 5.74) is 1.20. The molecule has 1 heterocycles. The lowest BCUT2D eigenvalue weighted by atomic mass is 9.86. The van der Waals surface area contributed by atoms with Gasteiger partial charge in [0.25, 0.3) is 0 Å². The zero-order valence-corrected chi connectivity index (χ0v) is 8.90. The monoisotopic (exact) mass is 168 g/mol. The van der Waals surface area contributed by atoms with E-state index in [-0.39, 0.29) is 0 Å². The van der Waals surface area contributed by atoms with E-state index in [1.54, 1.807) is 38.1 Å². The maximum absolute atomic E-state index is 2.61. The third kappa shape index (κ3) is 1.40. The second-order valence-corrected chi connectivity index (χ2v) is 10.6. The van der Waals surface area contributed by atoms with Gasteiger partial charge in [-0.1, -0.05) is 44.8 Å². The first-order valence-electron chi connectivity index (χ1n) is 5.18. The first-order chi connectivity index (χ1) is 5.18. The SMILES string of the molecule is C[Si]1(C)CCC2CCCC1C2. The van der Waals surface area contributed by atoms with Crippen molar-refractivity contribution >= 4 is 8.07 Å². The molecule has 1 saturated carbocycles. The van der Waals surface area contributed by atoms with Crippen molar-refractivity contribution in [3.05, 3.63) is 0 Å². The fourth-order valence-corrected chi connectivity index (χ4v) is 6.56. The van der Waals surface area contributed by atoms with Crippen molar-refractivity contribution in [1.29, 1.82) is 0 Å². The molecule has 64 valence electrons. The molecule has 0 radical (unpaired) electrons. The molecule has 0 aromatic rings. The Kier molecular flexibility index (Phi) is 1.87. The third-order valence-corrected chi connectivity index (χ3v) is 8.40. The summed E-state index contributed by atoms with van der Waals surface area (Å²) in [6, 6.07) is 1.63.